The van der Waals surface area contributed by atoms with Gasteiger partial charge in [-0.25, -0.2) is 3.97 Å². The molecule has 2 aromatic rings. The number of hydrogen-bond donors (Lipinski definition) is 1. The van der Waals surface area contributed by atoms with E-state index in [0.717, 1.165) is 34.6 Å². The first-order valence-corrected chi connectivity index (χ1v) is 12.0. The van der Waals surface area contributed by atoms with Crippen LogP contribution < -0.4 is 10.1 Å². The molecule has 1 aromatic carbocycles. The number of aromatic nitrogens is 1. The monoisotopic (exact) mass is 467 g/mol. The third-order valence-electron chi connectivity index (χ3n) is 5.57. The van der Waals surface area contributed by atoms with Crippen molar-refractivity contribution in [3.8, 4) is 5.75 Å². The van der Waals surface area contributed by atoms with Crippen molar-refractivity contribution in [2.24, 2.45) is 11.3 Å². The molecule has 0 bridgehead atoms. The summed E-state index contributed by atoms with van der Waals surface area (Å²) < 4.78 is 43.3. The van der Waals surface area contributed by atoms with Gasteiger partial charge in [-0.1, -0.05) is 0 Å². The van der Waals surface area contributed by atoms with E-state index in [1.54, 1.807) is 32.2 Å². The van der Waals surface area contributed by atoms with E-state index in [1.165, 1.54) is 7.11 Å². The highest BCUT2D eigenvalue weighted by Crippen LogP contribution is 2.29. The SMILES string of the molecule is COc1ccc2c(CCN(C)C)cn(S(=O)(=O)OCC(C)(C)C(=O)OCC3CNC3)c2c1. The van der Waals surface area contributed by atoms with Crippen molar-refractivity contribution >= 4 is 27.2 Å². The summed E-state index contributed by atoms with van der Waals surface area (Å²) in [5.41, 5.74) is 0.242. The van der Waals surface area contributed by atoms with Crippen LogP contribution in [0, 0.1) is 11.3 Å². The Morgan fingerprint density at radius 2 is 2.00 bits per heavy atom. The molecule has 0 aliphatic carbocycles. The van der Waals surface area contributed by atoms with Gasteiger partial charge < -0.3 is 19.7 Å². The maximum absolute atomic E-state index is 13.1. The van der Waals surface area contributed by atoms with Gasteiger partial charge in [0, 0.05) is 43.2 Å². The molecule has 1 fully saturated rings. The number of carbonyl (C=O) groups is 1. The van der Waals surface area contributed by atoms with Gasteiger partial charge in [0.25, 0.3) is 0 Å². The third-order valence-corrected chi connectivity index (χ3v) is 6.77. The molecule has 0 atom stereocenters. The van der Waals surface area contributed by atoms with E-state index >= 15 is 0 Å². The lowest BCUT2D eigenvalue weighted by atomic mass is 9.95. The number of hydrogen-bond acceptors (Lipinski definition) is 8. The summed E-state index contributed by atoms with van der Waals surface area (Å²) in [6.45, 7) is 5.62. The summed E-state index contributed by atoms with van der Waals surface area (Å²) in [5, 5.41) is 3.93. The molecule has 1 N–H and O–H groups in total. The third kappa shape index (κ3) is 5.61. The molecule has 1 aromatic heterocycles. The zero-order chi connectivity index (χ0) is 23.5. The summed E-state index contributed by atoms with van der Waals surface area (Å²) in [6.07, 6.45) is 2.25. The van der Waals surface area contributed by atoms with E-state index in [9.17, 15) is 13.2 Å². The lowest BCUT2D eigenvalue weighted by molar-refractivity contribution is -0.157. The average molecular weight is 468 g/mol. The first-order valence-electron chi connectivity index (χ1n) is 10.6. The van der Waals surface area contributed by atoms with Crippen LogP contribution in [0.4, 0.5) is 0 Å². The number of nitrogens with one attached hydrogen (secondary N) is 1. The van der Waals surface area contributed by atoms with Crippen LogP contribution in [0.25, 0.3) is 10.9 Å². The Morgan fingerprint density at radius 3 is 2.59 bits per heavy atom. The molecule has 1 saturated heterocycles. The predicted molar refractivity (Wildman–Crippen MR) is 122 cm³/mol. The smallest absolute Gasteiger partial charge is 0.366 e. The van der Waals surface area contributed by atoms with Crippen LogP contribution in [0.2, 0.25) is 0 Å². The molecule has 0 radical (unpaired) electrons. The van der Waals surface area contributed by atoms with Gasteiger partial charge in [0.2, 0.25) is 0 Å². The van der Waals surface area contributed by atoms with Gasteiger partial charge in [0.1, 0.15) is 5.75 Å². The van der Waals surface area contributed by atoms with Gasteiger partial charge in [-0.3, -0.25) is 8.98 Å². The maximum Gasteiger partial charge on any atom is 0.366 e. The van der Waals surface area contributed by atoms with Crippen LogP contribution in [0.5, 0.6) is 5.75 Å². The molecule has 32 heavy (non-hydrogen) atoms. The second kappa shape index (κ2) is 9.78. The van der Waals surface area contributed by atoms with Crippen LogP contribution in [0.1, 0.15) is 19.4 Å². The minimum Gasteiger partial charge on any atom is -0.497 e. The van der Waals surface area contributed by atoms with E-state index in [4.69, 9.17) is 13.7 Å². The van der Waals surface area contributed by atoms with Crippen LogP contribution in [0.3, 0.4) is 0 Å². The summed E-state index contributed by atoms with van der Waals surface area (Å²) in [4.78, 5) is 14.5. The lowest BCUT2D eigenvalue weighted by Crippen LogP contribution is -2.45. The number of nitrogens with zero attached hydrogens (tertiary/aromatic N) is 2. The molecule has 2 heterocycles. The highest BCUT2D eigenvalue weighted by atomic mass is 32.2. The molecule has 9 nitrogen and oxygen atoms in total. The minimum atomic E-state index is -4.19. The Labute approximate surface area is 189 Å². The normalized spacial score (nSPS) is 15.2. The maximum atomic E-state index is 13.1. The largest absolute Gasteiger partial charge is 0.497 e. The Hall–Kier alpha value is -2.14. The van der Waals surface area contributed by atoms with Crippen molar-refractivity contribution in [2.75, 3.05) is 54.1 Å². The number of esters is 1. The van der Waals surface area contributed by atoms with E-state index in [1.807, 2.05) is 25.1 Å². The molecule has 10 heteroatoms. The Kier molecular flexibility index (Phi) is 7.49. The summed E-state index contributed by atoms with van der Waals surface area (Å²) in [7, 11) is 1.26. The van der Waals surface area contributed by atoms with Gasteiger partial charge in [-0.2, -0.15) is 8.42 Å². The van der Waals surface area contributed by atoms with Gasteiger partial charge in [-0.15, -0.1) is 0 Å². The Balaban J connectivity index is 1.79. The quantitative estimate of drug-likeness (QED) is 0.498. The molecular weight excluding hydrogens is 434 g/mol. The molecule has 0 unspecified atom stereocenters. The summed E-state index contributed by atoms with van der Waals surface area (Å²) in [5.74, 6) is 0.368. The Morgan fingerprint density at radius 1 is 1.28 bits per heavy atom. The van der Waals surface area contributed by atoms with Crippen LogP contribution in [-0.2, 0) is 30.4 Å². The fourth-order valence-corrected chi connectivity index (χ4v) is 4.50. The topological polar surface area (TPSA) is 99.1 Å². The van der Waals surface area contributed by atoms with E-state index in [2.05, 4.69) is 5.32 Å². The highest BCUT2D eigenvalue weighted by Gasteiger charge is 2.34. The highest BCUT2D eigenvalue weighted by molar-refractivity contribution is 7.85. The van der Waals surface area contributed by atoms with Gasteiger partial charge in [0.15, 0.2) is 0 Å². The van der Waals surface area contributed by atoms with Crippen LogP contribution in [-0.4, -0.2) is 77.3 Å². The van der Waals surface area contributed by atoms with Gasteiger partial charge in [0.05, 0.1) is 31.3 Å². The summed E-state index contributed by atoms with van der Waals surface area (Å²) >= 11 is 0. The molecule has 0 amide bonds. The van der Waals surface area contributed by atoms with Crippen molar-refractivity contribution in [1.29, 1.82) is 0 Å². The molecule has 0 saturated carbocycles. The predicted octanol–water partition coefficient (Wildman–Crippen LogP) is 1.65. The molecule has 1 aliphatic rings. The summed E-state index contributed by atoms with van der Waals surface area (Å²) in [6, 6.07) is 5.32. The fourth-order valence-electron chi connectivity index (χ4n) is 3.29. The first-order chi connectivity index (χ1) is 15.0. The van der Waals surface area contributed by atoms with Crippen molar-refractivity contribution in [3.05, 3.63) is 30.0 Å². The number of fused-ring (bicyclic) bond motifs is 1. The lowest BCUT2D eigenvalue weighted by Gasteiger charge is -2.28. The zero-order valence-electron chi connectivity index (χ0n) is 19.4. The van der Waals surface area contributed by atoms with Crippen molar-refractivity contribution < 1.29 is 26.9 Å². The molecule has 1 aliphatic heterocycles. The number of carbonyl (C=O) groups excluding carboxylic acids is 1. The van der Waals surface area contributed by atoms with Crippen molar-refractivity contribution in [1.82, 2.24) is 14.2 Å². The second-order valence-electron chi connectivity index (χ2n) is 9.11. The van der Waals surface area contributed by atoms with Crippen LogP contribution in [0.15, 0.2) is 24.4 Å². The van der Waals surface area contributed by atoms with Crippen LogP contribution >= 0.6 is 0 Å². The number of ether oxygens (including phenoxy) is 2. The molecule has 178 valence electrons. The minimum absolute atomic E-state index is 0.307. The van der Waals surface area contributed by atoms with Gasteiger partial charge >= 0.3 is 16.3 Å². The molecule has 3 rings (SSSR count). The second-order valence-corrected chi connectivity index (χ2v) is 10.6. The van der Waals surface area contributed by atoms with E-state index in [0.29, 0.717) is 30.2 Å². The standard InChI is InChI=1S/C22H33N3O6S/c1-22(2,21(26)30-14-16-11-23-12-16)15-31-32(27,28)25-13-17(8-9-24(3)4)19-7-6-18(29-5)10-20(19)25/h6-7,10,13,16,23H,8-9,11-12,14-15H2,1-5H3. The first kappa shape index (κ1) is 24.5. The van der Waals surface area contributed by atoms with Gasteiger partial charge in [-0.05, 0) is 52.1 Å². The fraction of sp³-hybridized carbons (Fsp3) is 0.591. The zero-order valence-corrected chi connectivity index (χ0v) is 20.2. The molecular formula is C22H33N3O6S. The Bertz CT molecular complexity index is 1060. The number of rotatable bonds is 11. The van der Waals surface area contributed by atoms with E-state index in [-0.39, 0.29) is 6.61 Å². The average Bonchev–Trinajstić information content (AvgIpc) is 3.08. The number of methoxy groups -OCH3 is 1. The number of likely N-dealkylation sites (N-methyl/N-ethyl adjacent to an activating group) is 1. The molecule has 0 spiro atoms. The van der Waals surface area contributed by atoms with Crippen molar-refractivity contribution in [3.63, 3.8) is 0 Å². The van der Waals surface area contributed by atoms with Crippen molar-refractivity contribution in [2.45, 2.75) is 20.3 Å². The van der Waals surface area contributed by atoms with E-state index < -0.39 is 21.7 Å². The number of benzene rings is 1.